The molecule has 2 unspecified atom stereocenters. The summed E-state index contributed by atoms with van der Waals surface area (Å²) in [4.78, 5) is 14.6. The number of carbonyl (C=O) groups is 1. The zero-order valence-corrected chi connectivity index (χ0v) is 14.5. The molecular formula is C17H27ClN2O2. The molecule has 1 aliphatic heterocycles. The van der Waals surface area contributed by atoms with Gasteiger partial charge in [0.2, 0.25) is 0 Å². The Morgan fingerprint density at radius 2 is 2.09 bits per heavy atom. The quantitative estimate of drug-likeness (QED) is 0.874. The van der Waals surface area contributed by atoms with E-state index in [2.05, 4.69) is 12.2 Å². The Morgan fingerprint density at radius 1 is 1.41 bits per heavy atom. The van der Waals surface area contributed by atoms with Crippen LogP contribution in [-0.4, -0.2) is 42.6 Å². The fourth-order valence-corrected chi connectivity index (χ4v) is 2.72. The lowest BCUT2D eigenvalue weighted by atomic mass is 10.2. The predicted octanol–water partition coefficient (Wildman–Crippen LogP) is 2.78. The Labute approximate surface area is 139 Å². The summed E-state index contributed by atoms with van der Waals surface area (Å²) >= 11 is 0. The number of nitrogens with zero attached hydrogens (tertiary/aromatic N) is 1. The van der Waals surface area contributed by atoms with Gasteiger partial charge >= 0.3 is 0 Å². The van der Waals surface area contributed by atoms with Gasteiger partial charge < -0.3 is 15.0 Å². The van der Waals surface area contributed by atoms with E-state index in [0.717, 1.165) is 38.2 Å². The first-order chi connectivity index (χ1) is 10.1. The molecule has 0 aliphatic carbocycles. The van der Waals surface area contributed by atoms with Crippen molar-refractivity contribution >= 4 is 18.3 Å². The molecule has 1 aromatic rings. The normalized spacial score (nSPS) is 18.4. The summed E-state index contributed by atoms with van der Waals surface area (Å²) in [6.45, 7) is 8.66. The van der Waals surface area contributed by atoms with Crippen LogP contribution in [0.5, 0.6) is 5.75 Å². The Balaban J connectivity index is 0.00000242. The monoisotopic (exact) mass is 326 g/mol. The van der Waals surface area contributed by atoms with E-state index >= 15 is 0 Å². The SMILES string of the molecule is CCCN(C(=O)C(C)Oc1ccc(C)cc1)C1CCNC1.Cl. The number of hydrogen-bond donors (Lipinski definition) is 1. The number of nitrogens with one attached hydrogen (secondary N) is 1. The van der Waals surface area contributed by atoms with E-state index in [4.69, 9.17) is 4.74 Å². The second-order valence-electron chi connectivity index (χ2n) is 5.75. The lowest BCUT2D eigenvalue weighted by molar-refractivity contribution is -0.140. The lowest BCUT2D eigenvalue weighted by Crippen LogP contribution is -2.47. The van der Waals surface area contributed by atoms with Crippen LogP contribution in [0.2, 0.25) is 0 Å². The van der Waals surface area contributed by atoms with Crippen LogP contribution in [0, 0.1) is 6.92 Å². The van der Waals surface area contributed by atoms with Gasteiger partial charge in [-0.15, -0.1) is 12.4 Å². The zero-order valence-electron chi connectivity index (χ0n) is 13.7. The van der Waals surface area contributed by atoms with Crippen LogP contribution in [0.15, 0.2) is 24.3 Å². The second kappa shape index (κ2) is 9.01. The molecule has 4 nitrogen and oxygen atoms in total. The van der Waals surface area contributed by atoms with Gasteiger partial charge in [0.15, 0.2) is 6.10 Å². The summed E-state index contributed by atoms with van der Waals surface area (Å²) < 4.78 is 5.81. The van der Waals surface area contributed by atoms with Gasteiger partial charge in [-0.1, -0.05) is 24.6 Å². The molecule has 1 heterocycles. The minimum atomic E-state index is -0.445. The van der Waals surface area contributed by atoms with Crippen LogP contribution in [0.3, 0.4) is 0 Å². The molecule has 124 valence electrons. The Morgan fingerprint density at radius 3 is 2.64 bits per heavy atom. The largest absolute Gasteiger partial charge is 0.481 e. The molecule has 2 rings (SSSR count). The van der Waals surface area contributed by atoms with Crippen molar-refractivity contribution < 1.29 is 9.53 Å². The van der Waals surface area contributed by atoms with Gasteiger partial charge in [-0.25, -0.2) is 0 Å². The van der Waals surface area contributed by atoms with Crippen molar-refractivity contribution in [3.63, 3.8) is 0 Å². The van der Waals surface area contributed by atoms with Crippen LogP contribution in [0.1, 0.15) is 32.3 Å². The van der Waals surface area contributed by atoms with Crippen molar-refractivity contribution in [2.24, 2.45) is 0 Å². The van der Waals surface area contributed by atoms with Crippen LogP contribution in [-0.2, 0) is 4.79 Å². The van der Waals surface area contributed by atoms with Gasteiger partial charge in [0.05, 0.1) is 0 Å². The summed E-state index contributed by atoms with van der Waals surface area (Å²) in [6.07, 6.45) is 1.56. The minimum absolute atomic E-state index is 0. The first-order valence-corrected chi connectivity index (χ1v) is 7.86. The van der Waals surface area contributed by atoms with Gasteiger partial charge in [0.25, 0.3) is 5.91 Å². The van der Waals surface area contributed by atoms with Crippen LogP contribution in [0.25, 0.3) is 0 Å². The highest BCUT2D eigenvalue weighted by molar-refractivity contribution is 5.85. The predicted molar refractivity (Wildman–Crippen MR) is 91.8 cm³/mol. The standard InChI is InChI=1S/C17H26N2O2.ClH/c1-4-11-19(15-9-10-18-12-15)17(20)14(3)21-16-7-5-13(2)6-8-16;/h5-8,14-15,18H,4,9-12H2,1-3H3;1H. The van der Waals surface area contributed by atoms with Crippen molar-refractivity contribution in [3.05, 3.63) is 29.8 Å². The highest BCUT2D eigenvalue weighted by Gasteiger charge is 2.29. The highest BCUT2D eigenvalue weighted by atomic mass is 35.5. The molecule has 1 saturated heterocycles. The third-order valence-electron chi connectivity index (χ3n) is 3.90. The first kappa shape index (κ1) is 18.8. The van der Waals surface area contributed by atoms with E-state index in [1.165, 1.54) is 5.56 Å². The molecule has 2 atom stereocenters. The van der Waals surface area contributed by atoms with E-state index in [9.17, 15) is 4.79 Å². The van der Waals surface area contributed by atoms with E-state index in [1.807, 2.05) is 43.0 Å². The van der Waals surface area contributed by atoms with E-state index in [0.29, 0.717) is 6.04 Å². The van der Waals surface area contributed by atoms with E-state index in [1.54, 1.807) is 0 Å². The maximum absolute atomic E-state index is 12.7. The molecular weight excluding hydrogens is 300 g/mol. The summed E-state index contributed by atoms with van der Waals surface area (Å²) in [5, 5.41) is 3.33. The van der Waals surface area contributed by atoms with Crippen LogP contribution >= 0.6 is 12.4 Å². The molecule has 1 aliphatic rings. The van der Waals surface area contributed by atoms with E-state index < -0.39 is 6.10 Å². The third kappa shape index (κ3) is 4.89. The van der Waals surface area contributed by atoms with Gasteiger partial charge in [-0.2, -0.15) is 0 Å². The second-order valence-corrected chi connectivity index (χ2v) is 5.75. The highest BCUT2D eigenvalue weighted by Crippen LogP contribution is 2.16. The summed E-state index contributed by atoms with van der Waals surface area (Å²) in [5.74, 6) is 0.841. The minimum Gasteiger partial charge on any atom is -0.481 e. The number of carbonyl (C=O) groups excluding carboxylic acids is 1. The summed E-state index contributed by atoms with van der Waals surface area (Å²) in [6, 6.07) is 8.14. The van der Waals surface area contributed by atoms with Gasteiger partial charge in [-0.05, 0) is 45.4 Å². The van der Waals surface area contributed by atoms with Crippen molar-refractivity contribution in [1.82, 2.24) is 10.2 Å². The fraction of sp³-hybridized carbons (Fsp3) is 0.588. The Hall–Kier alpha value is -1.26. The zero-order chi connectivity index (χ0) is 15.2. The number of hydrogen-bond acceptors (Lipinski definition) is 3. The number of ether oxygens (including phenoxy) is 1. The van der Waals surface area contributed by atoms with Crippen molar-refractivity contribution in [3.8, 4) is 5.75 Å². The summed E-state index contributed by atoms with van der Waals surface area (Å²) in [5.41, 5.74) is 1.19. The first-order valence-electron chi connectivity index (χ1n) is 7.86. The van der Waals surface area contributed by atoms with Crippen molar-refractivity contribution in [2.45, 2.75) is 45.8 Å². The average Bonchev–Trinajstić information content (AvgIpc) is 3.00. The number of amides is 1. The number of aryl methyl sites for hydroxylation is 1. The number of benzene rings is 1. The molecule has 0 bridgehead atoms. The molecule has 0 saturated carbocycles. The Kier molecular flexibility index (Phi) is 7.69. The average molecular weight is 327 g/mol. The Bertz CT molecular complexity index is 458. The number of rotatable bonds is 6. The molecule has 0 spiro atoms. The van der Waals surface area contributed by atoms with Gasteiger partial charge in [0, 0.05) is 19.1 Å². The maximum Gasteiger partial charge on any atom is 0.263 e. The molecule has 0 aromatic heterocycles. The van der Waals surface area contributed by atoms with Crippen molar-refractivity contribution in [2.75, 3.05) is 19.6 Å². The number of halogens is 1. The van der Waals surface area contributed by atoms with E-state index in [-0.39, 0.29) is 18.3 Å². The topological polar surface area (TPSA) is 41.6 Å². The van der Waals surface area contributed by atoms with Gasteiger partial charge in [-0.3, -0.25) is 4.79 Å². The lowest BCUT2D eigenvalue weighted by Gasteiger charge is -2.30. The molecule has 1 amide bonds. The van der Waals surface area contributed by atoms with Gasteiger partial charge in [0.1, 0.15) is 5.75 Å². The molecule has 1 aromatic carbocycles. The fourth-order valence-electron chi connectivity index (χ4n) is 2.72. The molecule has 0 radical (unpaired) electrons. The molecule has 22 heavy (non-hydrogen) atoms. The third-order valence-corrected chi connectivity index (χ3v) is 3.90. The smallest absolute Gasteiger partial charge is 0.263 e. The van der Waals surface area contributed by atoms with Crippen molar-refractivity contribution in [1.29, 1.82) is 0 Å². The summed E-state index contributed by atoms with van der Waals surface area (Å²) in [7, 11) is 0. The molecule has 1 N–H and O–H groups in total. The maximum atomic E-state index is 12.7. The molecule has 5 heteroatoms. The molecule has 1 fully saturated rings. The van der Waals surface area contributed by atoms with Crippen LogP contribution < -0.4 is 10.1 Å². The van der Waals surface area contributed by atoms with Crippen LogP contribution in [0.4, 0.5) is 0 Å².